The highest BCUT2D eigenvalue weighted by Crippen LogP contribution is 2.31. The van der Waals surface area contributed by atoms with Gasteiger partial charge in [0.15, 0.2) is 5.79 Å². The zero-order valence-electron chi connectivity index (χ0n) is 16.3. The fourth-order valence-electron chi connectivity index (χ4n) is 3.16. The number of hydrogen-bond acceptors (Lipinski definition) is 5. The molecule has 1 rings (SSSR count). The van der Waals surface area contributed by atoms with Gasteiger partial charge < -0.3 is 19.3 Å². The second kappa shape index (κ2) is 11.7. The molecule has 0 radical (unpaired) electrons. The average molecular weight is 357 g/mol. The van der Waals surface area contributed by atoms with Gasteiger partial charge >= 0.3 is 5.97 Å². The molecular formula is C20H36O5. The van der Waals surface area contributed by atoms with Crippen LogP contribution in [0.3, 0.4) is 0 Å². The highest BCUT2D eigenvalue weighted by molar-refractivity contribution is 5.81. The molecule has 0 aromatic rings. The Morgan fingerprint density at radius 3 is 2.32 bits per heavy atom. The Morgan fingerprint density at radius 1 is 1.12 bits per heavy atom. The van der Waals surface area contributed by atoms with Crippen LogP contribution in [0.15, 0.2) is 12.2 Å². The summed E-state index contributed by atoms with van der Waals surface area (Å²) >= 11 is 0. The molecule has 0 unspecified atom stereocenters. The lowest BCUT2D eigenvalue weighted by Gasteiger charge is -2.16. The molecule has 146 valence electrons. The van der Waals surface area contributed by atoms with E-state index in [2.05, 4.69) is 4.74 Å². The van der Waals surface area contributed by atoms with E-state index in [-0.39, 0.29) is 24.3 Å². The van der Waals surface area contributed by atoms with Gasteiger partial charge in [0.2, 0.25) is 0 Å². The van der Waals surface area contributed by atoms with Crippen molar-refractivity contribution in [1.29, 1.82) is 0 Å². The van der Waals surface area contributed by atoms with Crippen LogP contribution in [0.4, 0.5) is 0 Å². The third-order valence-corrected chi connectivity index (χ3v) is 4.46. The molecule has 1 N–H and O–H groups in total. The van der Waals surface area contributed by atoms with E-state index in [4.69, 9.17) is 9.47 Å². The Morgan fingerprint density at radius 2 is 1.72 bits per heavy atom. The molecule has 0 aliphatic carbocycles. The van der Waals surface area contributed by atoms with Gasteiger partial charge in [-0.2, -0.15) is 0 Å². The first-order valence-corrected chi connectivity index (χ1v) is 9.64. The molecule has 25 heavy (non-hydrogen) atoms. The van der Waals surface area contributed by atoms with Crippen molar-refractivity contribution in [2.24, 2.45) is 0 Å². The molecule has 3 atom stereocenters. The zero-order valence-corrected chi connectivity index (χ0v) is 16.3. The smallest absolute Gasteiger partial charge is 0.330 e. The molecule has 0 bridgehead atoms. The number of unbranched alkanes of at least 4 members (excludes halogenated alkanes) is 6. The maximum absolute atomic E-state index is 11.3. The van der Waals surface area contributed by atoms with Gasteiger partial charge in [0.25, 0.3) is 0 Å². The second-order valence-electron chi connectivity index (χ2n) is 7.42. The topological polar surface area (TPSA) is 65.0 Å². The van der Waals surface area contributed by atoms with E-state index >= 15 is 0 Å². The molecule has 1 aliphatic heterocycles. The molecular weight excluding hydrogens is 320 g/mol. The van der Waals surface area contributed by atoms with Crippen molar-refractivity contribution < 1.29 is 24.1 Å². The van der Waals surface area contributed by atoms with Crippen molar-refractivity contribution in [2.75, 3.05) is 7.11 Å². The number of carbonyl (C=O) groups is 1. The van der Waals surface area contributed by atoms with Gasteiger partial charge in [0.1, 0.15) is 6.10 Å². The standard InChI is InChI=1S/C20H36O5/c1-16(21)12-10-8-6-5-7-9-11-13-17-18(14-15-19(22)23-4)25-20(2,3)24-17/h14-18,21H,5-13H2,1-4H3/b15-14+/t16-,17+,18+/m1/s1. The summed E-state index contributed by atoms with van der Waals surface area (Å²) < 4.78 is 16.4. The van der Waals surface area contributed by atoms with Gasteiger partial charge in [0, 0.05) is 6.08 Å². The number of carbonyl (C=O) groups excluding carboxylic acids is 1. The van der Waals surface area contributed by atoms with Crippen LogP contribution in [0.1, 0.15) is 78.6 Å². The summed E-state index contributed by atoms with van der Waals surface area (Å²) in [5.41, 5.74) is 0. The molecule has 5 heteroatoms. The lowest BCUT2D eigenvalue weighted by Crippen LogP contribution is -2.21. The second-order valence-corrected chi connectivity index (χ2v) is 7.42. The largest absolute Gasteiger partial charge is 0.466 e. The van der Waals surface area contributed by atoms with E-state index < -0.39 is 5.79 Å². The Bertz CT molecular complexity index is 403. The maximum atomic E-state index is 11.3. The quantitative estimate of drug-likeness (QED) is 0.324. The summed E-state index contributed by atoms with van der Waals surface area (Å²) in [5.74, 6) is -0.984. The number of aliphatic hydroxyl groups excluding tert-OH is 1. The first-order valence-electron chi connectivity index (χ1n) is 9.64. The van der Waals surface area contributed by atoms with Crippen LogP contribution >= 0.6 is 0 Å². The third-order valence-electron chi connectivity index (χ3n) is 4.46. The van der Waals surface area contributed by atoms with Crippen molar-refractivity contribution in [3.63, 3.8) is 0 Å². The fourth-order valence-corrected chi connectivity index (χ4v) is 3.16. The third kappa shape index (κ3) is 9.97. The first-order chi connectivity index (χ1) is 11.8. The Balaban J connectivity index is 2.19. The summed E-state index contributed by atoms with van der Waals surface area (Å²) in [7, 11) is 1.37. The molecule has 5 nitrogen and oxygen atoms in total. The van der Waals surface area contributed by atoms with Crippen LogP contribution < -0.4 is 0 Å². The number of rotatable bonds is 12. The fraction of sp³-hybridized carbons (Fsp3) is 0.850. The summed E-state index contributed by atoms with van der Waals surface area (Å²) in [5, 5.41) is 9.22. The molecule has 1 fully saturated rings. The van der Waals surface area contributed by atoms with Gasteiger partial charge in [-0.1, -0.05) is 44.9 Å². The van der Waals surface area contributed by atoms with Crippen molar-refractivity contribution in [1.82, 2.24) is 0 Å². The summed E-state index contributed by atoms with van der Waals surface area (Å²) in [6.45, 7) is 5.65. The van der Waals surface area contributed by atoms with Crippen LogP contribution in [0, 0.1) is 0 Å². The van der Waals surface area contributed by atoms with E-state index in [1.165, 1.54) is 45.3 Å². The van der Waals surface area contributed by atoms with Crippen LogP contribution in [-0.2, 0) is 19.0 Å². The van der Waals surface area contributed by atoms with E-state index in [9.17, 15) is 9.90 Å². The predicted octanol–water partition coefficient (Wildman–Crippen LogP) is 4.13. The number of aliphatic hydroxyl groups is 1. The molecule has 0 spiro atoms. The first kappa shape index (κ1) is 22.1. The Hall–Kier alpha value is -0.910. The number of hydrogen-bond donors (Lipinski definition) is 1. The zero-order chi connectivity index (χ0) is 18.7. The molecule has 1 saturated heterocycles. The minimum absolute atomic E-state index is 0.0121. The highest BCUT2D eigenvalue weighted by Gasteiger charge is 2.39. The van der Waals surface area contributed by atoms with Crippen molar-refractivity contribution in [3.05, 3.63) is 12.2 Å². The predicted molar refractivity (Wildman–Crippen MR) is 98.2 cm³/mol. The minimum Gasteiger partial charge on any atom is -0.466 e. The average Bonchev–Trinajstić information content (AvgIpc) is 2.84. The van der Waals surface area contributed by atoms with E-state index in [1.807, 2.05) is 20.8 Å². The molecule has 0 aromatic carbocycles. The van der Waals surface area contributed by atoms with Crippen LogP contribution in [0.5, 0.6) is 0 Å². The molecule has 1 aliphatic rings. The number of methoxy groups -OCH3 is 1. The van der Waals surface area contributed by atoms with Crippen LogP contribution in [0.25, 0.3) is 0 Å². The summed E-state index contributed by atoms with van der Waals surface area (Å²) in [6, 6.07) is 0. The molecule has 0 amide bonds. The minimum atomic E-state index is -0.611. The molecule has 0 aromatic heterocycles. The lowest BCUT2D eigenvalue weighted by molar-refractivity contribution is -0.144. The van der Waals surface area contributed by atoms with Crippen molar-refractivity contribution in [2.45, 2.75) is 103 Å². The summed E-state index contributed by atoms with van der Waals surface area (Å²) in [4.78, 5) is 11.3. The normalized spacial score (nSPS) is 23.9. The van der Waals surface area contributed by atoms with E-state index in [1.54, 1.807) is 6.08 Å². The van der Waals surface area contributed by atoms with Gasteiger partial charge in [0.05, 0.1) is 19.3 Å². The SMILES string of the molecule is COC(=O)/C=C/[C@@H]1OC(C)(C)O[C@H]1CCCCCCCCC[C@@H](C)O. The molecule has 1 heterocycles. The van der Waals surface area contributed by atoms with Crippen LogP contribution in [-0.4, -0.2) is 42.3 Å². The van der Waals surface area contributed by atoms with E-state index in [0.29, 0.717) is 0 Å². The van der Waals surface area contributed by atoms with Gasteiger partial charge in [-0.3, -0.25) is 0 Å². The highest BCUT2D eigenvalue weighted by atomic mass is 16.7. The Kier molecular flexibility index (Phi) is 10.3. The maximum Gasteiger partial charge on any atom is 0.330 e. The lowest BCUT2D eigenvalue weighted by atomic mass is 10.0. The van der Waals surface area contributed by atoms with Crippen molar-refractivity contribution in [3.8, 4) is 0 Å². The monoisotopic (exact) mass is 356 g/mol. The van der Waals surface area contributed by atoms with E-state index in [0.717, 1.165) is 25.7 Å². The molecule has 0 saturated carbocycles. The van der Waals surface area contributed by atoms with Gasteiger partial charge in [-0.15, -0.1) is 0 Å². The van der Waals surface area contributed by atoms with Crippen LogP contribution in [0.2, 0.25) is 0 Å². The summed E-state index contributed by atoms with van der Waals surface area (Å²) in [6.07, 6.45) is 13.0. The van der Waals surface area contributed by atoms with Gasteiger partial charge in [-0.05, 0) is 39.7 Å². The number of esters is 1. The van der Waals surface area contributed by atoms with Gasteiger partial charge in [-0.25, -0.2) is 4.79 Å². The van der Waals surface area contributed by atoms with Crippen molar-refractivity contribution >= 4 is 5.97 Å². The number of ether oxygens (including phenoxy) is 3. The Labute approximate surface area is 152 Å².